The van der Waals surface area contributed by atoms with Crippen LogP contribution in [-0.2, 0) is 9.47 Å². The molecule has 1 aromatic heterocycles. The van der Waals surface area contributed by atoms with Crippen molar-refractivity contribution < 1.29 is 14.3 Å². The monoisotopic (exact) mass is 421 g/mol. The highest BCUT2D eigenvalue weighted by Gasteiger charge is 2.32. The quantitative estimate of drug-likeness (QED) is 0.776. The van der Waals surface area contributed by atoms with E-state index in [0.717, 1.165) is 56.5 Å². The molecular weight excluding hydrogens is 398 g/mol. The van der Waals surface area contributed by atoms with Crippen LogP contribution in [0.5, 0.6) is 0 Å². The normalized spacial score (nSPS) is 21.5. The van der Waals surface area contributed by atoms with Gasteiger partial charge in [-0.25, -0.2) is 4.98 Å². The van der Waals surface area contributed by atoms with Gasteiger partial charge in [0.25, 0.3) is 5.91 Å². The van der Waals surface area contributed by atoms with E-state index < -0.39 is 0 Å². The summed E-state index contributed by atoms with van der Waals surface area (Å²) in [6.07, 6.45) is 1.04. The predicted octanol–water partition coefficient (Wildman–Crippen LogP) is 2.93. The molecule has 6 nitrogen and oxygen atoms in total. The SMILES string of the molecule is O=C(NCC(C1CCOC1)N1CCOCC1)c1csc(-c2cccc(Cl)c2)n1. The largest absolute Gasteiger partial charge is 0.381 e. The smallest absolute Gasteiger partial charge is 0.270 e. The van der Waals surface area contributed by atoms with Gasteiger partial charge in [-0.3, -0.25) is 9.69 Å². The van der Waals surface area contributed by atoms with Gasteiger partial charge < -0.3 is 14.8 Å². The summed E-state index contributed by atoms with van der Waals surface area (Å²) in [7, 11) is 0. The van der Waals surface area contributed by atoms with Crippen molar-refractivity contribution in [3.63, 3.8) is 0 Å². The number of carbonyl (C=O) groups is 1. The van der Waals surface area contributed by atoms with Crippen molar-refractivity contribution in [1.29, 1.82) is 0 Å². The van der Waals surface area contributed by atoms with Crippen molar-refractivity contribution in [2.45, 2.75) is 12.5 Å². The molecule has 2 aromatic rings. The molecule has 4 rings (SSSR count). The van der Waals surface area contributed by atoms with Gasteiger partial charge in [-0.05, 0) is 18.6 Å². The van der Waals surface area contributed by atoms with Crippen molar-refractivity contribution >= 4 is 28.8 Å². The Hall–Kier alpha value is -1.51. The minimum absolute atomic E-state index is 0.137. The molecule has 2 atom stereocenters. The Kier molecular flexibility index (Phi) is 6.59. The number of ether oxygens (including phenoxy) is 2. The molecule has 8 heteroatoms. The first-order chi connectivity index (χ1) is 13.7. The van der Waals surface area contributed by atoms with Gasteiger partial charge >= 0.3 is 0 Å². The van der Waals surface area contributed by atoms with Crippen LogP contribution in [0.4, 0.5) is 0 Å². The van der Waals surface area contributed by atoms with E-state index in [2.05, 4.69) is 15.2 Å². The summed E-state index contributed by atoms with van der Waals surface area (Å²) in [5, 5.41) is 6.34. The zero-order chi connectivity index (χ0) is 19.3. The van der Waals surface area contributed by atoms with E-state index in [1.54, 1.807) is 5.38 Å². The summed E-state index contributed by atoms with van der Waals surface area (Å²) in [6.45, 7) is 5.43. The lowest BCUT2D eigenvalue weighted by molar-refractivity contribution is 0.00165. The molecule has 28 heavy (non-hydrogen) atoms. The van der Waals surface area contributed by atoms with Gasteiger partial charge in [0.1, 0.15) is 10.7 Å². The highest BCUT2D eigenvalue weighted by molar-refractivity contribution is 7.13. The molecule has 0 bridgehead atoms. The zero-order valence-electron chi connectivity index (χ0n) is 15.6. The molecule has 2 aliphatic rings. The van der Waals surface area contributed by atoms with Gasteiger partial charge in [0.15, 0.2) is 0 Å². The third-order valence-electron chi connectivity index (χ3n) is 5.30. The van der Waals surface area contributed by atoms with Crippen molar-refractivity contribution in [3.8, 4) is 10.6 Å². The molecule has 2 fully saturated rings. The third-order valence-corrected chi connectivity index (χ3v) is 6.43. The first-order valence-electron chi connectivity index (χ1n) is 9.60. The summed E-state index contributed by atoms with van der Waals surface area (Å²) >= 11 is 7.51. The lowest BCUT2D eigenvalue weighted by atomic mass is 9.97. The average molecular weight is 422 g/mol. The number of halogens is 1. The van der Waals surface area contributed by atoms with Crippen molar-refractivity contribution in [3.05, 3.63) is 40.4 Å². The van der Waals surface area contributed by atoms with Crippen LogP contribution in [0.3, 0.4) is 0 Å². The molecule has 0 radical (unpaired) electrons. The number of thiazole rings is 1. The van der Waals surface area contributed by atoms with Crippen LogP contribution in [0.1, 0.15) is 16.9 Å². The molecule has 150 valence electrons. The van der Waals surface area contributed by atoms with E-state index in [-0.39, 0.29) is 11.9 Å². The molecule has 2 unspecified atom stereocenters. The maximum atomic E-state index is 12.7. The minimum atomic E-state index is -0.137. The number of carbonyl (C=O) groups excluding carboxylic acids is 1. The number of benzene rings is 1. The van der Waals surface area contributed by atoms with Gasteiger partial charge in [0.2, 0.25) is 0 Å². The Morgan fingerprint density at radius 2 is 2.18 bits per heavy atom. The van der Waals surface area contributed by atoms with E-state index in [9.17, 15) is 4.79 Å². The Morgan fingerprint density at radius 3 is 2.93 bits per heavy atom. The van der Waals surface area contributed by atoms with E-state index in [4.69, 9.17) is 21.1 Å². The molecule has 0 saturated carbocycles. The molecule has 2 aliphatic heterocycles. The van der Waals surface area contributed by atoms with Crippen LogP contribution in [-0.4, -0.2) is 67.9 Å². The van der Waals surface area contributed by atoms with Crippen LogP contribution >= 0.6 is 22.9 Å². The highest BCUT2D eigenvalue weighted by atomic mass is 35.5. The molecule has 0 aliphatic carbocycles. The molecule has 2 saturated heterocycles. The topological polar surface area (TPSA) is 63.7 Å². The molecule has 0 spiro atoms. The maximum absolute atomic E-state index is 12.7. The van der Waals surface area contributed by atoms with Crippen LogP contribution < -0.4 is 5.32 Å². The molecule has 1 aromatic carbocycles. The average Bonchev–Trinajstić information content (AvgIpc) is 3.41. The number of hydrogen-bond donors (Lipinski definition) is 1. The maximum Gasteiger partial charge on any atom is 0.270 e. The highest BCUT2D eigenvalue weighted by Crippen LogP contribution is 2.26. The number of hydrogen-bond acceptors (Lipinski definition) is 6. The summed E-state index contributed by atoms with van der Waals surface area (Å²) < 4.78 is 11.1. The zero-order valence-corrected chi connectivity index (χ0v) is 17.2. The third kappa shape index (κ3) is 4.72. The number of aromatic nitrogens is 1. The lowest BCUT2D eigenvalue weighted by Gasteiger charge is -2.37. The minimum Gasteiger partial charge on any atom is -0.381 e. The van der Waals surface area contributed by atoms with Crippen molar-refractivity contribution in [2.24, 2.45) is 5.92 Å². The van der Waals surface area contributed by atoms with E-state index in [1.807, 2.05) is 24.3 Å². The first kappa shape index (κ1) is 19.8. The van der Waals surface area contributed by atoms with Crippen molar-refractivity contribution in [1.82, 2.24) is 15.2 Å². The Balaban J connectivity index is 1.40. The summed E-state index contributed by atoms with van der Waals surface area (Å²) in [5.74, 6) is 0.303. The van der Waals surface area contributed by atoms with E-state index in [0.29, 0.717) is 23.2 Å². The van der Waals surface area contributed by atoms with Gasteiger partial charge in [-0.15, -0.1) is 11.3 Å². The number of morpholine rings is 1. The Bertz CT molecular complexity index is 803. The second-order valence-electron chi connectivity index (χ2n) is 7.10. The second-order valence-corrected chi connectivity index (χ2v) is 8.39. The summed E-state index contributed by atoms with van der Waals surface area (Å²) in [4.78, 5) is 19.6. The van der Waals surface area contributed by atoms with Gasteiger partial charge in [-0.2, -0.15) is 0 Å². The number of rotatable bonds is 6. The fraction of sp³-hybridized carbons (Fsp3) is 0.500. The number of nitrogens with zero attached hydrogens (tertiary/aromatic N) is 2. The first-order valence-corrected chi connectivity index (χ1v) is 10.9. The molecular formula is C20H24ClN3O3S. The van der Waals surface area contributed by atoms with Crippen LogP contribution in [0.15, 0.2) is 29.6 Å². The van der Waals surface area contributed by atoms with Gasteiger partial charge in [0.05, 0.1) is 19.8 Å². The summed E-state index contributed by atoms with van der Waals surface area (Å²) in [5.41, 5.74) is 1.37. The van der Waals surface area contributed by atoms with Crippen LogP contribution in [0.25, 0.3) is 10.6 Å². The van der Waals surface area contributed by atoms with Crippen LogP contribution in [0, 0.1) is 5.92 Å². The van der Waals surface area contributed by atoms with Crippen LogP contribution in [0.2, 0.25) is 5.02 Å². The van der Waals surface area contributed by atoms with Crippen molar-refractivity contribution in [2.75, 3.05) is 46.1 Å². The fourth-order valence-electron chi connectivity index (χ4n) is 3.78. The lowest BCUT2D eigenvalue weighted by Crippen LogP contribution is -2.52. The van der Waals surface area contributed by atoms with Gasteiger partial charge in [0, 0.05) is 54.2 Å². The molecule has 1 N–H and O–H groups in total. The Morgan fingerprint density at radius 1 is 1.32 bits per heavy atom. The number of amides is 1. The predicted molar refractivity (Wildman–Crippen MR) is 110 cm³/mol. The Labute approximate surface area is 173 Å². The second kappa shape index (κ2) is 9.33. The number of nitrogens with one attached hydrogen (secondary N) is 1. The summed E-state index contributed by atoms with van der Waals surface area (Å²) in [6, 6.07) is 7.78. The molecule has 3 heterocycles. The van der Waals surface area contributed by atoms with Gasteiger partial charge in [-0.1, -0.05) is 23.7 Å². The van der Waals surface area contributed by atoms with E-state index in [1.165, 1.54) is 11.3 Å². The standard InChI is InChI=1S/C20H24ClN3O3S/c21-16-3-1-2-14(10-16)20-23-17(13-28-20)19(25)22-11-18(15-4-7-27-12-15)24-5-8-26-9-6-24/h1-3,10,13,15,18H,4-9,11-12H2,(H,22,25). The van der Waals surface area contributed by atoms with E-state index >= 15 is 0 Å². The fourth-order valence-corrected chi connectivity index (χ4v) is 4.77. The molecule has 1 amide bonds.